The Bertz CT molecular complexity index is 584. The summed E-state index contributed by atoms with van der Waals surface area (Å²) in [5.41, 5.74) is 0.594. The summed E-state index contributed by atoms with van der Waals surface area (Å²) >= 11 is 5.70. The summed E-state index contributed by atoms with van der Waals surface area (Å²) in [4.78, 5) is 14.1. The predicted octanol–water partition coefficient (Wildman–Crippen LogP) is 2.55. The zero-order valence-corrected chi connectivity index (χ0v) is 10.1. The first-order valence-corrected chi connectivity index (χ1v) is 5.41. The van der Waals surface area contributed by atoms with E-state index in [4.69, 9.17) is 16.1 Å². The summed E-state index contributed by atoms with van der Waals surface area (Å²) in [7, 11) is 0. The van der Waals surface area contributed by atoms with Crippen LogP contribution in [0.5, 0.6) is 0 Å². The van der Waals surface area contributed by atoms with Gasteiger partial charge in [-0.2, -0.15) is 0 Å². The van der Waals surface area contributed by atoms with Gasteiger partial charge in [0.15, 0.2) is 5.76 Å². The van der Waals surface area contributed by atoms with Gasteiger partial charge in [-0.1, -0.05) is 16.8 Å². The molecule has 1 N–H and O–H groups in total. The second-order valence-corrected chi connectivity index (χ2v) is 3.93. The van der Waals surface area contributed by atoms with Crippen LogP contribution in [-0.4, -0.2) is 15.1 Å². The summed E-state index contributed by atoms with van der Waals surface area (Å²) < 4.78 is 4.97. The largest absolute Gasteiger partial charge is 0.359 e. The standard InChI is InChI=1S/C10H9ClN4O3/c1-6-4-7(18-14-6)5-12-10-8(15(16)17)2-3-9(11)13-10/h2-4H,5H2,1H3,(H,12,13). The first-order chi connectivity index (χ1) is 8.56. The molecule has 0 saturated heterocycles. The molecule has 0 radical (unpaired) electrons. The van der Waals surface area contributed by atoms with Gasteiger partial charge in [0.05, 0.1) is 17.2 Å². The fraction of sp³-hybridized carbons (Fsp3) is 0.200. The Labute approximate surface area is 107 Å². The van der Waals surface area contributed by atoms with E-state index in [1.807, 2.05) is 0 Å². The molecule has 2 rings (SSSR count). The smallest absolute Gasteiger partial charge is 0.311 e. The van der Waals surface area contributed by atoms with Crippen molar-refractivity contribution in [3.8, 4) is 0 Å². The average molecular weight is 269 g/mol. The number of aryl methyl sites for hydroxylation is 1. The molecule has 0 aliphatic rings. The molecule has 2 aromatic heterocycles. The number of anilines is 1. The van der Waals surface area contributed by atoms with E-state index in [1.54, 1.807) is 13.0 Å². The highest BCUT2D eigenvalue weighted by molar-refractivity contribution is 6.29. The molecule has 0 atom stereocenters. The lowest BCUT2D eigenvalue weighted by molar-refractivity contribution is -0.384. The molecule has 0 spiro atoms. The number of pyridine rings is 1. The van der Waals surface area contributed by atoms with E-state index in [-0.39, 0.29) is 23.2 Å². The van der Waals surface area contributed by atoms with Crippen LogP contribution in [0.2, 0.25) is 5.15 Å². The van der Waals surface area contributed by atoms with Crippen molar-refractivity contribution >= 4 is 23.1 Å². The number of hydrogen-bond donors (Lipinski definition) is 1. The lowest BCUT2D eigenvalue weighted by atomic mass is 10.3. The lowest BCUT2D eigenvalue weighted by Crippen LogP contribution is -2.04. The van der Waals surface area contributed by atoms with Gasteiger partial charge < -0.3 is 9.84 Å². The Hall–Kier alpha value is -2.15. The first-order valence-electron chi connectivity index (χ1n) is 5.03. The summed E-state index contributed by atoms with van der Waals surface area (Å²) in [5.74, 6) is 0.658. The van der Waals surface area contributed by atoms with Crippen LogP contribution < -0.4 is 5.32 Å². The van der Waals surface area contributed by atoms with E-state index in [9.17, 15) is 10.1 Å². The van der Waals surface area contributed by atoms with Crippen LogP contribution in [-0.2, 0) is 6.54 Å². The van der Waals surface area contributed by atoms with Crippen LogP contribution in [0.15, 0.2) is 22.7 Å². The van der Waals surface area contributed by atoms with Gasteiger partial charge in [0.25, 0.3) is 0 Å². The third-order valence-corrected chi connectivity index (χ3v) is 2.35. The van der Waals surface area contributed by atoms with Crippen LogP contribution in [0.1, 0.15) is 11.5 Å². The number of nitro groups is 1. The highest BCUT2D eigenvalue weighted by atomic mass is 35.5. The molecule has 0 unspecified atom stereocenters. The van der Waals surface area contributed by atoms with E-state index in [0.717, 1.165) is 5.69 Å². The zero-order valence-electron chi connectivity index (χ0n) is 9.38. The van der Waals surface area contributed by atoms with Crippen molar-refractivity contribution in [1.82, 2.24) is 10.1 Å². The minimum Gasteiger partial charge on any atom is -0.359 e. The Balaban J connectivity index is 2.17. The third-order valence-electron chi connectivity index (χ3n) is 2.14. The Morgan fingerprint density at radius 2 is 2.33 bits per heavy atom. The number of nitrogens with one attached hydrogen (secondary N) is 1. The van der Waals surface area contributed by atoms with Crippen molar-refractivity contribution in [3.05, 3.63) is 44.9 Å². The van der Waals surface area contributed by atoms with Gasteiger partial charge >= 0.3 is 5.69 Å². The SMILES string of the molecule is Cc1cc(CNc2nc(Cl)ccc2[N+](=O)[O-])on1. The van der Waals surface area contributed by atoms with Gasteiger partial charge in [0.2, 0.25) is 5.82 Å². The Kier molecular flexibility index (Phi) is 3.42. The summed E-state index contributed by atoms with van der Waals surface area (Å²) in [5, 5.41) is 17.5. The van der Waals surface area contributed by atoms with Crippen molar-refractivity contribution in [1.29, 1.82) is 0 Å². The van der Waals surface area contributed by atoms with Crippen molar-refractivity contribution in [2.75, 3.05) is 5.32 Å². The molecule has 0 amide bonds. The van der Waals surface area contributed by atoms with Crippen LogP contribution in [0, 0.1) is 17.0 Å². The van der Waals surface area contributed by atoms with Crippen LogP contribution in [0.3, 0.4) is 0 Å². The molecule has 2 aromatic rings. The van der Waals surface area contributed by atoms with E-state index < -0.39 is 4.92 Å². The maximum atomic E-state index is 10.8. The van der Waals surface area contributed by atoms with Gasteiger partial charge in [-0.3, -0.25) is 10.1 Å². The molecule has 0 fully saturated rings. The van der Waals surface area contributed by atoms with Gasteiger partial charge in [-0.05, 0) is 13.0 Å². The molecule has 0 bridgehead atoms. The van der Waals surface area contributed by atoms with Gasteiger partial charge in [-0.15, -0.1) is 0 Å². The predicted molar refractivity (Wildman–Crippen MR) is 64.5 cm³/mol. The Morgan fingerprint density at radius 3 is 2.94 bits per heavy atom. The van der Waals surface area contributed by atoms with Crippen molar-refractivity contribution in [2.45, 2.75) is 13.5 Å². The molecule has 0 aromatic carbocycles. The molecule has 2 heterocycles. The quantitative estimate of drug-likeness (QED) is 0.520. The minimum absolute atomic E-state index is 0.0987. The number of halogens is 1. The van der Waals surface area contributed by atoms with Crippen molar-refractivity contribution < 1.29 is 9.45 Å². The normalized spacial score (nSPS) is 10.3. The molecule has 7 nitrogen and oxygen atoms in total. The Morgan fingerprint density at radius 1 is 1.56 bits per heavy atom. The van der Waals surface area contributed by atoms with Gasteiger partial charge in [0, 0.05) is 12.1 Å². The second kappa shape index (κ2) is 5.01. The van der Waals surface area contributed by atoms with Crippen LogP contribution >= 0.6 is 11.6 Å². The van der Waals surface area contributed by atoms with Gasteiger partial charge in [-0.25, -0.2) is 4.98 Å². The topological polar surface area (TPSA) is 94.1 Å². The number of hydrogen-bond acceptors (Lipinski definition) is 6. The van der Waals surface area contributed by atoms with Crippen molar-refractivity contribution in [2.24, 2.45) is 0 Å². The van der Waals surface area contributed by atoms with Crippen LogP contribution in [0.25, 0.3) is 0 Å². The fourth-order valence-electron chi connectivity index (χ4n) is 1.38. The summed E-state index contributed by atoms with van der Waals surface area (Å²) in [6.07, 6.45) is 0. The van der Waals surface area contributed by atoms with Crippen molar-refractivity contribution in [3.63, 3.8) is 0 Å². The molecule has 0 aliphatic heterocycles. The van der Waals surface area contributed by atoms with E-state index in [1.165, 1.54) is 12.1 Å². The molecule has 94 valence electrons. The fourth-order valence-corrected chi connectivity index (χ4v) is 1.52. The summed E-state index contributed by atoms with van der Waals surface area (Å²) in [6, 6.07) is 4.39. The van der Waals surface area contributed by atoms with Gasteiger partial charge in [0.1, 0.15) is 5.15 Å². The minimum atomic E-state index is -0.530. The number of rotatable bonds is 4. The highest BCUT2D eigenvalue weighted by Gasteiger charge is 2.15. The monoisotopic (exact) mass is 268 g/mol. The number of nitrogens with zero attached hydrogens (tertiary/aromatic N) is 3. The van der Waals surface area contributed by atoms with E-state index in [2.05, 4.69) is 15.5 Å². The molecule has 18 heavy (non-hydrogen) atoms. The number of aromatic nitrogens is 2. The maximum Gasteiger partial charge on any atom is 0.311 e. The molecule has 0 saturated carbocycles. The highest BCUT2D eigenvalue weighted by Crippen LogP contribution is 2.24. The molecule has 0 aliphatic carbocycles. The zero-order chi connectivity index (χ0) is 13.1. The molecule has 8 heteroatoms. The second-order valence-electron chi connectivity index (χ2n) is 3.55. The van der Waals surface area contributed by atoms with E-state index in [0.29, 0.717) is 5.76 Å². The average Bonchev–Trinajstić information content (AvgIpc) is 2.72. The van der Waals surface area contributed by atoms with Crippen LogP contribution in [0.4, 0.5) is 11.5 Å². The summed E-state index contributed by atoms with van der Waals surface area (Å²) in [6.45, 7) is 2.03. The maximum absolute atomic E-state index is 10.8. The first kappa shape index (κ1) is 12.3. The van der Waals surface area contributed by atoms with E-state index >= 15 is 0 Å². The molecular formula is C10H9ClN4O3. The third kappa shape index (κ3) is 2.75. The lowest BCUT2D eigenvalue weighted by Gasteiger charge is -2.04. The molecular weight excluding hydrogens is 260 g/mol.